The summed E-state index contributed by atoms with van der Waals surface area (Å²) in [5, 5.41) is 3.21. The molecule has 2 saturated carbocycles. The van der Waals surface area contributed by atoms with Crippen LogP contribution < -0.4 is 11.1 Å². The van der Waals surface area contributed by atoms with Gasteiger partial charge in [0.1, 0.15) is 0 Å². The minimum atomic E-state index is 0.180. The van der Waals surface area contributed by atoms with Crippen LogP contribution in [0.25, 0.3) is 0 Å². The first-order chi connectivity index (χ1) is 9.20. The average Bonchev–Trinajstić information content (AvgIpc) is 2.45. The third-order valence-corrected chi connectivity index (χ3v) is 5.16. The third kappa shape index (κ3) is 4.20. The summed E-state index contributed by atoms with van der Waals surface area (Å²) in [6.45, 7) is 3.88. The van der Waals surface area contributed by atoms with Crippen LogP contribution in [-0.2, 0) is 4.79 Å². The zero-order valence-electron chi connectivity index (χ0n) is 12.4. The number of hydrogen-bond acceptors (Lipinski definition) is 2. The van der Waals surface area contributed by atoms with Crippen molar-refractivity contribution < 1.29 is 4.79 Å². The van der Waals surface area contributed by atoms with E-state index >= 15 is 0 Å². The Morgan fingerprint density at radius 1 is 1.16 bits per heavy atom. The van der Waals surface area contributed by atoms with E-state index in [1.807, 2.05) is 0 Å². The molecule has 4 atom stereocenters. The fourth-order valence-electron chi connectivity index (χ4n) is 3.96. The summed E-state index contributed by atoms with van der Waals surface area (Å²) in [6.07, 6.45) is 9.87. The molecule has 2 aliphatic rings. The van der Waals surface area contributed by atoms with E-state index in [2.05, 4.69) is 12.2 Å². The van der Waals surface area contributed by atoms with E-state index in [4.69, 9.17) is 5.73 Å². The molecular weight excluding hydrogens is 236 g/mol. The lowest BCUT2D eigenvalue weighted by molar-refractivity contribution is -0.127. The second-order valence-corrected chi connectivity index (χ2v) is 6.77. The topological polar surface area (TPSA) is 55.1 Å². The molecule has 0 aromatic heterocycles. The second-order valence-electron chi connectivity index (χ2n) is 6.77. The van der Waals surface area contributed by atoms with Crippen LogP contribution in [0, 0.1) is 23.7 Å². The third-order valence-electron chi connectivity index (χ3n) is 5.16. The number of carbonyl (C=O) groups is 1. The first-order valence-corrected chi connectivity index (χ1v) is 8.18. The smallest absolute Gasteiger partial charge is 0.223 e. The lowest BCUT2D eigenvalue weighted by Crippen LogP contribution is -2.41. The predicted molar refractivity (Wildman–Crippen MR) is 78.6 cm³/mol. The molecule has 0 bridgehead atoms. The molecule has 0 radical (unpaired) electrons. The summed E-state index contributed by atoms with van der Waals surface area (Å²) in [5.74, 6) is 2.40. The van der Waals surface area contributed by atoms with E-state index in [1.54, 1.807) is 0 Å². The van der Waals surface area contributed by atoms with E-state index < -0.39 is 0 Å². The highest BCUT2D eigenvalue weighted by Crippen LogP contribution is 2.30. The molecule has 2 aliphatic carbocycles. The quantitative estimate of drug-likeness (QED) is 0.822. The van der Waals surface area contributed by atoms with Crippen molar-refractivity contribution in [2.45, 2.75) is 58.3 Å². The van der Waals surface area contributed by atoms with Crippen molar-refractivity contribution in [3.63, 3.8) is 0 Å². The van der Waals surface area contributed by atoms with Crippen LogP contribution in [0.4, 0.5) is 0 Å². The van der Waals surface area contributed by atoms with Crippen molar-refractivity contribution in [2.75, 3.05) is 13.1 Å². The lowest BCUT2D eigenvalue weighted by Gasteiger charge is -2.31. The summed E-state index contributed by atoms with van der Waals surface area (Å²) >= 11 is 0. The van der Waals surface area contributed by atoms with Gasteiger partial charge in [-0.1, -0.05) is 32.6 Å². The maximum Gasteiger partial charge on any atom is 0.223 e. The van der Waals surface area contributed by atoms with Crippen LogP contribution in [-0.4, -0.2) is 19.0 Å². The molecule has 1 amide bonds. The van der Waals surface area contributed by atoms with Crippen LogP contribution in [0.3, 0.4) is 0 Å². The van der Waals surface area contributed by atoms with E-state index in [-0.39, 0.29) is 11.8 Å². The molecular formula is C16H30N2O. The van der Waals surface area contributed by atoms with Gasteiger partial charge in [0, 0.05) is 12.5 Å². The molecule has 0 saturated heterocycles. The van der Waals surface area contributed by atoms with E-state index in [0.717, 1.165) is 25.3 Å². The Hall–Kier alpha value is -0.570. The number of hydrogen-bond donors (Lipinski definition) is 2. The monoisotopic (exact) mass is 266 g/mol. The Morgan fingerprint density at radius 2 is 1.95 bits per heavy atom. The van der Waals surface area contributed by atoms with Gasteiger partial charge < -0.3 is 11.1 Å². The molecule has 3 heteroatoms. The first kappa shape index (κ1) is 14.8. The Labute approximate surface area is 117 Å². The Balaban J connectivity index is 1.76. The highest BCUT2D eigenvalue weighted by molar-refractivity contribution is 5.79. The molecule has 0 aromatic rings. The van der Waals surface area contributed by atoms with Gasteiger partial charge in [0.25, 0.3) is 0 Å². The summed E-state index contributed by atoms with van der Waals surface area (Å²) in [5.41, 5.74) is 5.81. The highest BCUT2D eigenvalue weighted by atomic mass is 16.1. The van der Waals surface area contributed by atoms with Crippen molar-refractivity contribution in [3.8, 4) is 0 Å². The second kappa shape index (κ2) is 7.28. The number of amides is 1. The number of nitrogens with two attached hydrogens (primary N) is 1. The Morgan fingerprint density at radius 3 is 2.68 bits per heavy atom. The van der Waals surface area contributed by atoms with Gasteiger partial charge in [-0.3, -0.25) is 4.79 Å². The molecule has 0 aromatic carbocycles. The number of carbonyl (C=O) groups excluding carboxylic acids is 1. The van der Waals surface area contributed by atoms with Gasteiger partial charge in [-0.25, -0.2) is 0 Å². The minimum Gasteiger partial charge on any atom is -0.356 e. The summed E-state index contributed by atoms with van der Waals surface area (Å²) < 4.78 is 0. The lowest BCUT2D eigenvalue weighted by atomic mass is 9.78. The maximum atomic E-state index is 12.3. The minimum absolute atomic E-state index is 0.180. The Kier molecular flexibility index (Phi) is 5.68. The zero-order valence-corrected chi connectivity index (χ0v) is 12.4. The fraction of sp³-hybridized carbons (Fsp3) is 0.938. The van der Waals surface area contributed by atoms with Gasteiger partial charge in [-0.05, 0) is 50.0 Å². The molecule has 110 valence electrons. The summed E-state index contributed by atoms with van der Waals surface area (Å²) in [7, 11) is 0. The predicted octanol–water partition coefficient (Wildman–Crippen LogP) is 2.69. The van der Waals surface area contributed by atoms with Crippen molar-refractivity contribution in [3.05, 3.63) is 0 Å². The molecule has 3 N–H and O–H groups in total. The molecule has 0 spiro atoms. The average molecular weight is 266 g/mol. The molecule has 2 fully saturated rings. The van der Waals surface area contributed by atoms with Crippen LogP contribution in [0.5, 0.6) is 0 Å². The van der Waals surface area contributed by atoms with Crippen LogP contribution >= 0.6 is 0 Å². The van der Waals surface area contributed by atoms with Gasteiger partial charge in [-0.15, -0.1) is 0 Å². The van der Waals surface area contributed by atoms with E-state index in [0.29, 0.717) is 18.4 Å². The van der Waals surface area contributed by atoms with Crippen LogP contribution in [0.2, 0.25) is 0 Å². The van der Waals surface area contributed by atoms with Crippen molar-refractivity contribution in [1.29, 1.82) is 0 Å². The molecule has 2 rings (SSSR count). The first-order valence-electron chi connectivity index (χ1n) is 8.18. The Bertz CT molecular complexity index is 292. The standard InChI is InChI=1S/C16H30N2O/c1-12-5-4-6-13(9-12)11-18-16(19)15-8-3-2-7-14(15)10-17/h12-15H,2-11,17H2,1H3,(H,18,19). The van der Waals surface area contributed by atoms with Crippen molar-refractivity contribution in [1.82, 2.24) is 5.32 Å². The van der Waals surface area contributed by atoms with Crippen molar-refractivity contribution in [2.24, 2.45) is 29.4 Å². The SMILES string of the molecule is CC1CCCC(CNC(=O)C2CCCCC2CN)C1. The van der Waals surface area contributed by atoms with E-state index in [9.17, 15) is 4.79 Å². The van der Waals surface area contributed by atoms with Gasteiger partial charge in [0.05, 0.1) is 0 Å². The normalized spacial score (nSPS) is 35.9. The maximum absolute atomic E-state index is 12.3. The summed E-state index contributed by atoms with van der Waals surface area (Å²) in [6, 6.07) is 0. The van der Waals surface area contributed by atoms with Gasteiger partial charge >= 0.3 is 0 Å². The largest absolute Gasteiger partial charge is 0.356 e. The van der Waals surface area contributed by atoms with Gasteiger partial charge in [-0.2, -0.15) is 0 Å². The number of nitrogens with one attached hydrogen (secondary N) is 1. The highest BCUT2D eigenvalue weighted by Gasteiger charge is 2.30. The number of rotatable bonds is 4. The van der Waals surface area contributed by atoms with Crippen LogP contribution in [0.1, 0.15) is 58.3 Å². The van der Waals surface area contributed by atoms with Gasteiger partial charge in [0.15, 0.2) is 0 Å². The molecule has 19 heavy (non-hydrogen) atoms. The molecule has 0 aliphatic heterocycles. The molecule has 4 unspecified atom stereocenters. The van der Waals surface area contributed by atoms with E-state index in [1.165, 1.54) is 38.5 Å². The van der Waals surface area contributed by atoms with Crippen molar-refractivity contribution >= 4 is 5.91 Å². The van der Waals surface area contributed by atoms with Crippen LogP contribution in [0.15, 0.2) is 0 Å². The van der Waals surface area contributed by atoms with Gasteiger partial charge in [0.2, 0.25) is 5.91 Å². The molecule has 3 nitrogen and oxygen atoms in total. The fourth-order valence-corrected chi connectivity index (χ4v) is 3.96. The zero-order chi connectivity index (χ0) is 13.7. The molecule has 0 heterocycles. The summed E-state index contributed by atoms with van der Waals surface area (Å²) in [4.78, 5) is 12.3.